The molecule has 16 heavy (non-hydrogen) atoms. The summed E-state index contributed by atoms with van der Waals surface area (Å²) < 4.78 is 26.0. The van der Waals surface area contributed by atoms with E-state index in [9.17, 15) is 8.42 Å². The predicted molar refractivity (Wildman–Crippen MR) is 63.3 cm³/mol. The fraction of sp³-hybridized carbons (Fsp3) is 0.333. The summed E-state index contributed by atoms with van der Waals surface area (Å²) in [5.41, 5.74) is 5.85. The molecule has 1 saturated heterocycles. The van der Waals surface area contributed by atoms with Gasteiger partial charge in [-0.2, -0.15) is 4.31 Å². The molecule has 7 heteroatoms. The summed E-state index contributed by atoms with van der Waals surface area (Å²) in [6, 6.07) is 4.68. The van der Waals surface area contributed by atoms with Crippen LogP contribution in [0.5, 0.6) is 0 Å². The van der Waals surface area contributed by atoms with E-state index in [-0.39, 0.29) is 23.7 Å². The van der Waals surface area contributed by atoms with Crippen LogP contribution in [0.1, 0.15) is 0 Å². The molecule has 1 aromatic carbocycles. The van der Waals surface area contributed by atoms with Gasteiger partial charge < -0.3 is 10.8 Å². The normalized spacial score (nSPS) is 18.4. The lowest BCUT2D eigenvalue weighted by atomic mass is 10.2. The zero-order chi connectivity index (χ0) is 11.9. The molecule has 0 amide bonds. The van der Waals surface area contributed by atoms with Crippen molar-refractivity contribution < 1.29 is 13.5 Å². The monoisotopic (exact) mass is 306 g/mol. The molecule has 1 aromatic rings. The fourth-order valence-corrected chi connectivity index (χ4v) is 3.65. The molecule has 2 rings (SSSR count). The number of hydrogen-bond acceptors (Lipinski definition) is 4. The Labute approximate surface area is 102 Å². The molecule has 0 atom stereocenters. The van der Waals surface area contributed by atoms with Crippen LogP contribution >= 0.6 is 15.9 Å². The molecular weight excluding hydrogens is 296 g/mol. The van der Waals surface area contributed by atoms with Crippen molar-refractivity contribution in [1.29, 1.82) is 0 Å². The second-order valence-corrected chi connectivity index (χ2v) is 6.48. The second kappa shape index (κ2) is 3.99. The third-order valence-electron chi connectivity index (χ3n) is 2.42. The Balaban J connectivity index is 2.40. The van der Waals surface area contributed by atoms with Crippen LogP contribution in [0.3, 0.4) is 0 Å². The first kappa shape index (κ1) is 11.8. The molecule has 0 aromatic heterocycles. The Morgan fingerprint density at radius 1 is 1.44 bits per heavy atom. The molecule has 0 saturated carbocycles. The van der Waals surface area contributed by atoms with Crippen LogP contribution in [0.4, 0.5) is 5.69 Å². The van der Waals surface area contributed by atoms with Gasteiger partial charge in [0.15, 0.2) is 0 Å². The third kappa shape index (κ3) is 1.95. The Morgan fingerprint density at radius 3 is 2.62 bits per heavy atom. The van der Waals surface area contributed by atoms with E-state index in [1.165, 1.54) is 16.4 Å². The summed E-state index contributed by atoms with van der Waals surface area (Å²) in [5.74, 6) is 0. The first-order valence-electron chi connectivity index (χ1n) is 4.64. The highest BCUT2D eigenvalue weighted by atomic mass is 79.9. The van der Waals surface area contributed by atoms with E-state index in [0.29, 0.717) is 4.47 Å². The second-order valence-electron chi connectivity index (χ2n) is 3.66. The summed E-state index contributed by atoms with van der Waals surface area (Å²) >= 11 is 3.20. The SMILES string of the molecule is Nc1ccc(Br)cc1S(=O)(=O)N1CC(O)C1. The number of aliphatic hydroxyl groups is 1. The van der Waals surface area contributed by atoms with Gasteiger partial charge in [0.2, 0.25) is 10.0 Å². The van der Waals surface area contributed by atoms with E-state index in [4.69, 9.17) is 10.8 Å². The van der Waals surface area contributed by atoms with Crippen molar-refractivity contribution in [2.45, 2.75) is 11.0 Å². The summed E-state index contributed by atoms with van der Waals surface area (Å²) in [7, 11) is -3.57. The number of halogens is 1. The molecule has 0 spiro atoms. The zero-order valence-corrected chi connectivity index (χ0v) is 10.7. The van der Waals surface area contributed by atoms with Gasteiger partial charge >= 0.3 is 0 Å². The zero-order valence-electron chi connectivity index (χ0n) is 8.30. The Morgan fingerprint density at radius 2 is 2.06 bits per heavy atom. The van der Waals surface area contributed by atoms with Crippen LogP contribution < -0.4 is 5.73 Å². The van der Waals surface area contributed by atoms with Crippen LogP contribution in [0.15, 0.2) is 27.6 Å². The number of nitrogens with zero attached hydrogens (tertiary/aromatic N) is 1. The van der Waals surface area contributed by atoms with Crippen LogP contribution in [0, 0.1) is 0 Å². The predicted octanol–water partition coefficient (Wildman–Crippen LogP) is 0.397. The Bertz CT molecular complexity index is 511. The molecular formula is C9H11BrN2O3S. The minimum Gasteiger partial charge on any atom is -0.398 e. The van der Waals surface area contributed by atoms with E-state index in [0.717, 1.165) is 0 Å². The molecule has 1 aliphatic heterocycles. The quantitative estimate of drug-likeness (QED) is 0.775. The number of nitrogen functional groups attached to an aromatic ring is 1. The van der Waals surface area contributed by atoms with Crippen molar-refractivity contribution in [2.24, 2.45) is 0 Å². The highest BCUT2D eigenvalue weighted by Crippen LogP contribution is 2.28. The lowest BCUT2D eigenvalue weighted by Gasteiger charge is -2.34. The van der Waals surface area contributed by atoms with Gasteiger partial charge in [0.25, 0.3) is 0 Å². The van der Waals surface area contributed by atoms with Crippen LogP contribution in [-0.4, -0.2) is 37.0 Å². The van der Waals surface area contributed by atoms with Gasteiger partial charge in [-0.15, -0.1) is 0 Å². The number of hydrogen-bond donors (Lipinski definition) is 2. The highest BCUT2D eigenvalue weighted by Gasteiger charge is 2.36. The van der Waals surface area contributed by atoms with Gasteiger partial charge in [-0.25, -0.2) is 8.42 Å². The van der Waals surface area contributed by atoms with Crippen molar-refractivity contribution >= 4 is 31.6 Å². The maximum absolute atomic E-state index is 12.0. The van der Waals surface area contributed by atoms with Crippen molar-refractivity contribution in [1.82, 2.24) is 4.31 Å². The average molecular weight is 307 g/mol. The molecule has 88 valence electrons. The topological polar surface area (TPSA) is 83.6 Å². The lowest BCUT2D eigenvalue weighted by Crippen LogP contribution is -2.53. The first-order valence-corrected chi connectivity index (χ1v) is 6.88. The van der Waals surface area contributed by atoms with Crippen molar-refractivity contribution in [3.63, 3.8) is 0 Å². The standard InChI is InChI=1S/C9H11BrN2O3S/c10-6-1-2-8(11)9(3-6)16(14,15)12-4-7(13)5-12/h1-3,7,13H,4-5,11H2. The number of benzene rings is 1. The molecule has 0 aliphatic carbocycles. The van der Waals surface area contributed by atoms with E-state index < -0.39 is 16.1 Å². The maximum Gasteiger partial charge on any atom is 0.245 e. The van der Waals surface area contributed by atoms with Crippen molar-refractivity contribution in [3.05, 3.63) is 22.7 Å². The van der Waals surface area contributed by atoms with Crippen LogP contribution in [0.2, 0.25) is 0 Å². The summed E-state index contributed by atoms with van der Waals surface area (Å²) in [6.45, 7) is 0.266. The Kier molecular flexibility index (Phi) is 2.95. The molecule has 1 heterocycles. The summed E-state index contributed by atoms with van der Waals surface area (Å²) in [6.07, 6.45) is -0.567. The number of anilines is 1. The van der Waals surface area contributed by atoms with Gasteiger partial charge in [-0.1, -0.05) is 15.9 Å². The van der Waals surface area contributed by atoms with E-state index in [1.54, 1.807) is 6.07 Å². The Hall–Kier alpha value is -0.630. The lowest BCUT2D eigenvalue weighted by molar-refractivity contribution is 0.0548. The number of sulfonamides is 1. The molecule has 1 fully saturated rings. The highest BCUT2D eigenvalue weighted by molar-refractivity contribution is 9.10. The molecule has 1 aliphatic rings. The van der Waals surface area contributed by atoms with Crippen molar-refractivity contribution in [2.75, 3.05) is 18.8 Å². The number of aliphatic hydroxyl groups excluding tert-OH is 1. The number of nitrogens with two attached hydrogens (primary N) is 1. The summed E-state index contributed by atoms with van der Waals surface area (Å²) in [5, 5.41) is 9.11. The van der Waals surface area contributed by atoms with E-state index in [2.05, 4.69) is 15.9 Å². The van der Waals surface area contributed by atoms with Gasteiger partial charge in [-0.05, 0) is 18.2 Å². The minimum atomic E-state index is -3.57. The molecule has 0 unspecified atom stereocenters. The van der Waals surface area contributed by atoms with E-state index >= 15 is 0 Å². The van der Waals surface area contributed by atoms with Gasteiger partial charge in [0.05, 0.1) is 11.8 Å². The molecule has 3 N–H and O–H groups in total. The minimum absolute atomic E-state index is 0.0776. The van der Waals surface area contributed by atoms with E-state index in [1.807, 2.05) is 0 Å². The average Bonchev–Trinajstić information content (AvgIpc) is 2.16. The first-order chi connectivity index (χ1) is 7.41. The molecule has 0 radical (unpaired) electrons. The van der Waals surface area contributed by atoms with Gasteiger partial charge in [-0.3, -0.25) is 0 Å². The number of rotatable bonds is 2. The maximum atomic E-state index is 12.0. The van der Waals surface area contributed by atoms with Gasteiger partial charge in [0, 0.05) is 17.6 Å². The smallest absolute Gasteiger partial charge is 0.245 e. The third-order valence-corrected chi connectivity index (χ3v) is 4.80. The molecule has 5 nitrogen and oxygen atoms in total. The number of β-amino-alcohol motifs (C(OH)–C–C–N with tert-alkyl or cyclic N) is 1. The van der Waals surface area contributed by atoms with Crippen LogP contribution in [-0.2, 0) is 10.0 Å². The van der Waals surface area contributed by atoms with Crippen LogP contribution in [0.25, 0.3) is 0 Å². The van der Waals surface area contributed by atoms with Crippen molar-refractivity contribution in [3.8, 4) is 0 Å². The summed E-state index contributed by atoms with van der Waals surface area (Å²) in [4.78, 5) is 0.0776. The van der Waals surface area contributed by atoms with Gasteiger partial charge in [0.1, 0.15) is 4.90 Å². The largest absolute Gasteiger partial charge is 0.398 e. The fourth-order valence-electron chi connectivity index (χ4n) is 1.48. The molecule has 0 bridgehead atoms.